The monoisotopic (exact) mass is 172 g/mol. The smallest absolute Gasteiger partial charge is 0.231 e. The van der Waals surface area contributed by atoms with Gasteiger partial charge in [-0.1, -0.05) is 20.8 Å². The first kappa shape index (κ1) is 11.4. The average Bonchev–Trinajstić information content (AvgIpc) is 1.84. The minimum Gasteiger partial charge on any atom is -0.369 e. The van der Waals surface area contributed by atoms with Gasteiger partial charge in [-0.2, -0.15) is 0 Å². The molecule has 0 radical (unpaired) electrons. The fourth-order valence-corrected chi connectivity index (χ4v) is 1.29. The highest BCUT2D eigenvalue weighted by atomic mass is 16.1. The Labute approximate surface area is 74.9 Å². The number of carbonyl (C=O) groups excluding carboxylic acids is 1. The first-order chi connectivity index (χ1) is 5.56. The molecule has 0 aromatic carbocycles. The van der Waals surface area contributed by atoms with E-state index < -0.39 is 0 Å². The molecule has 12 heavy (non-hydrogen) atoms. The zero-order valence-corrected chi connectivity index (χ0v) is 8.34. The van der Waals surface area contributed by atoms with Crippen LogP contribution < -0.4 is 5.73 Å². The molecule has 1 amide bonds. The summed E-state index contributed by atoms with van der Waals surface area (Å²) < 4.78 is 0. The number of rotatable bonds is 6. The van der Waals surface area contributed by atoms with Crippen molar-refractivity contribution in [3.63, 3.8) is 0 Å². The molecule has 0 spiro atoms. The third-order valence-electron chi connectivity index (χ3n) is 1.54. The Morgan fingerprint density at radius 2 is 2.08 bits per heavy atom. The molecule has 0 aliphatic heterocycles. The second kappa shape index (κ2) is 6.00. The van der Waals surface area contributed by atoms with Gasteiger partial charge in [-0.15, -0.1) is 0 Å². The highest BCUT2D eigenvalue weighted by Gasteiger charge is 2.08. The second-order valence-corrected chi connectivity index (χ2v) is 3.60. The van der Waals surface area contributed by atoms with Crippen LogP contribution in [0.3, 0.4) is 0 Å². The summed E-state index contributed by atoms with van der Waals surface area (Å²) in [5, 5.41) is 0. The maximum Gasteiger partial charge on any atom is 0.231 e. The molecule has 0 fully saturated rings. The van der Waals surface area contributed by atoms with Crippen molar-refractivity contribution in [1.82, 2.24) is 4.90 Å². The van der Waals surface area contributed by atoms with E-state index in [0.29, 0.717) is 12.5 Å². The molecular formula is C9H20N2O. The molecule has 0 aromatic heterocycles. The predicted octanol–water partition coefficient (Wildman–Crippen LogP) is 0.840. The van der Waals surface area contributed by atoms with Crippen LogP contribution in [-0.4, -0.2) is 30.4 Å². The molecule has 0 atom stereocenters. The van der Waals surface area contributed by atoms with E-state index in [1.165, 1.54) is 0 Å². The quantitative estimate of drug-likeness (QED) is 0.645. The van der Waals surface area contributed by atoms with Gasteiger partial charge in [0.15, 0.2) is 0 Å². The van der Waals surface area contributed by atoms with Crippen molar-refractivity contribution in [2.45, 2.75) is 27.2 Å². The molecule has 3 heteroatoms. The molecule has 0 aliphatic rings. The van der Waals surface area contributed by atoms with Gasteiger partial charge in [-0.05, 0) is 18.9 Å². The van der Waals surface area contributed by atoms with Crippen LogP contribution in [0.1, 0.15) is 27.2 Å². The van der Waals surface area contributed by atoms with Crippen LogP contribution >= 0.6 is 0 Å². The van der Waals surface area contributed by atoms with Gasteiger partial charge in [0.1, 0.15) is 0 Å². The zero-order chi connectivity index (χ0) is 9.56. The molecule has 0 saturated heterocycles. The average molecular weight is 172 g/mol. The van der Waals surface area contributed by atoms with Crippen LogP contribution in [-0.2, 0) is 4.79 Å². The van der Waals surface area contributed by atoms with Crippen LogP contribution in [0.15, 0.2) is 0 Å². The fraction of sp³-hybridized carbons (Fsp3) is 0.889. The number of primary amides is 1. The molecule has 72 valence electrons. The van der Waals surface area contributed by atoms with E-state index in [1.807, 2.05) is 0 Å². The number of hydrogen-bond acceptors (Lipinski definition) is 2. The highest BCUT2D eigenvalue weighted by molar-refractivity contribution is 5.75. The van der Waals surface area contributed by atoms with Crippen LogP contribution in [0, 0.1) is 5.92 Å². The number of carbonyl (C=O) groups is 1. The maximum atomic E-state index is 10.6. The van der Waals surface area contributed by atoms with Gasteiger partial charge in [-0.25, -0.2) is 0 Å². The number of hydrogen-bond donors (Lipinski definition) is 1. The third kappa shape index (κ3) is 6.16. The Morgan fingerprint density at radius 3 is 2.42 bits per heavy atom. The highest BCUT2D eigenvalue weighted by Crippen LogP contribution is 1.98. The molecule has 0 saturated carbocycles. The van der Waals surface area contributed by atoms with E-state index in [0.717, 1.165) is 19.5 Å². The number of amides is 1. The molecule has 0 rings (SSSR count). The first-order valence-corrected chi connectivity index (χ1v) is 4.57. The van der Waals surface area contributed by atoms with Crippen molar-refractivity contribution in [1.29, 1.82) is 0 Å². The van der Waals surface area contributed by atoms with Gasteiger partial charge in [-0.3, -0.25) is 9.69 Å². The second-order valence-electron chi connectivity index (χ2n) is 3.60. The van der Waals surface area contributed by atoms with Gasteiger partial charge in [0, 0.05) is 6.54 Å². The lowest BCUT2D eigenvalue weighted by Crippen LogP contribution is -2.36. The van der Waals surface area contributed by atoms with Crippen molar-refractivity contribution >= 4 is 5.91 Å². The lowest BCUT2D eigenvalue weighted by Gasteiger charge is -2.21. The molecule has 0 bridgehead atoms. The molecule has 0 unspecified atom stereocenters. The van der Waals surface area contributed by atoms with E-state index in [1.54, 1.807) is 0 Å². The van der Waals surface area contributed by atoms with Crippen molar-refractivity contribution in [3.05, 3.63) is 0 Å². The van der Waals surface area contributed by atoms with Crippen molar-refractivity contribution in [2.75, 3.05) is 19.6 Å². The Kier molecular flexibility index (Phi) is 5.72. The van der Waals surface area contributed by atoms with Crippen LogP contribution in [0.5, 0.6) is 0 Å². The van der Waals surface area contributed by atoms with E-state index in [2.05, 4.69) is 25.7 Å². The SMILES string of the molecule is CCCN(CC(N)=O)CC(C)C. The lowest BCUT2D eigenvalue weighted by molar-refractivity contribution is -0.119. The Balaban J connectivity index is 3.77. The standard InChI is InChI=1S/C9H20N2O/c1-4-5-11(6-8(2)3)7-9(10)12/h8H,4-7H2,1-3H3,(H2,10,12). The van der Waals surface area contributed by atoms with E-state index >= 15 is 0 Å². The summed E-state index contributed by atoms with van der Waals surface area (Å²) in [7, 11) is 0. The van der Waals surface area contributed by atoms with Gasteiger partial charge < -0.3 is 5.73 Å². The van der Waals surface area contributed by atoms with Gasteiger partial charge in [0.25, 0.3) is 0 Å². The normalized spacial score (nSPS) is 11.1. The lowest BCUT2D eigenvalue weighted by atomic mass is 10.2. The van der Waals surface area contributed by atoms with E-state index in [4.69, 9.17) is 5.73 Å². The van der Waals surface area contributed by atoms with Crippen LogP contribution in [0.2, 0.25) is 0 Å². The van der Waals surface area contributed by atoms with Gasteiger partial charge in [0.2, 0.25) is 5.91 Å². The third-order valence-corrected chi connectivity index (χ3v) is 1.54. The largest absolute Gasteiger partial charge is 0.369 e. The maximum absolute atomic E-state index is 10.6. The van der Waals surface area contributed by atoms with Crippen LogP contribution in [0.25, 0.3) is 0 Å². The predicted molar refractivity (Wildman–Crippen MR) is 50.8 cm³/mol. The summed E-state index contributed by atoms with van der Waals surface area (Å²) in [5.74, 6) is 0.361. The van der Waals surface area contributed by atoms with E-state index in [9.17, 15) is 4.79 Å². The van der Waals surface area contributed by atoms with Gasteiger partial charge in [0.05, 0.1) is 6.54 Å². The molecule has 0 aromatic rings. The van der Waals surface area contributed by atoms with Crippen LogP contribution in [0.4, 0.5) is 0 Å². The first-order valence-electron chi connectivity index (χ1n) is 4.57. The molecule has 2 N–H and O–H groups in total. The summed E-state index contributed by atoms with van der Waals surface area (Å²) in [5.41, 5.74) is 5.12. The molecular weight excluding hydrogens is 152 g/mol. The minimum atomic E-state index is -0.232. The zero-order valence-electron chi connectivity index (χ0n) is 8.34. The topological polar surface area (TPSA) is 46.3 Å². The summed E-state index contributed by atoms with van der Waals surface area (Å²) in [6, 6.07) is 0. The molecule has 0 heterocycles. The Bertz CT molecular complexity index is 134. The van der Waals surface area contributed by atoms with Gasteiger partial charge >= 0.3 is 0 Å². The number of nitrogens with two attached hydrogens (primary N) is 1. The summed E-state index contributed by atoms with van der Waals surface area (Å²) in [6.45, 7) is 8.70. The van der Waals surface area contributed by atoms with Crippen molar-refractivity contribution in [3.8, 4) is 0 Å². The Hall–Kier alpha value is -0.570. The van der Waals surface area contributed by atoms with Crippen molar-refractivity contribution in [2.24, 2.45) is 11.7 Å². The Morgan fingerprint density at radius 1 is 1.50 bits per heavy atom. The summed E-state index contributed by atoms with van der Waals surface area (Å²) >= 11 is 0. The summed E-state index contributed by atoms with van der Waals surface area (Å²) in [4.78, 5) is 12.8. The fourth-order valence-electron chi connectivity index (χ4n) is 1.29. The molecule has 0 aliphatic carbocycles. The minimum absolute atomic E-state index is 0.232. The molecule has 3 nitrogen and oxygen atoms in total. The van der Waals surface area contributed by atoms with E-state index in [-0.39, 0.29) is 5.91 Å². The van der Waals surface area contributed by atoms with Crippen molar-refractivity contribution < 1.29 is 4.79 Å². The summed E-state index contributed by atoms with van der Waals surface area (Å²) in [6.07, 6.45) is 1.07. The number of nitrogens with zero attached hydrogens (tertiary/aromatic N) is 1.